The second-order valence-corrected chi connectivity index (χ2v) is 15.6. The fourth-order valence-corrected chi connectivity index (χ4v) is 10.7. The number of nitrogens with one attached hydrogen (secondary N) is 1. The van der Waals surface area contributed by atoms with E-state index in [0.717, 1.165) is 63.4 Å². The van der Waals surface area contributed by atoms with Crippen LogP contribution in [0.4, 0.5) is 4.79 Å². The number of amides is 2. The minimum absolute atomic E-state index is 0.0157. The number of hydrogen-bond donors (Lipinski definition) is 4. The smallest absolute Gasteiger partial charge is 0.407 e. The lowest BCUT2D eigenvalue weighted by Crippen LogP contribution is -2.66. The molecule has 10 heteroatoms. The average molecular weight is 641 g/mol. The fraction of sp³-hybridized carbons (Fsp3) is 0.778. The summed E-state index contributed by atoms with van der Waals surface area (Å²) < 4.78 is 12.4. The lowest BCUT2D eigenvalue weighted by Gasteiger charge is -2.60. The third-order valence-electron chi connectivity index (χ3n) is 13.1. The van der Waals surface area contributed by atoms with Gasteiger partial charge in [-0.25, -0.2) is 4.79 Å². The molecule has 6 rings (SSSR count). The van der Waals surface area contributed by atoms with Crippen LogP contribution >= 0.6 is 0 Å². The molecular weight excluding hydrogens is 588 g/mol. The van der Waals surface area contributed by atoms with E-state index in [4.69, 9.17) is 15.2 Å². The predicted molar refractivity (Wildman–Crippen MR) is 169 cm³/mol. The molecule has 0 aromatic carbocycles. The number of rotatable bonds is 8. The molecule has 6 aliphatic carbocycles. The fourth-order valence-electron chi connectivity index (χ4n) is 10.7. The van der Waals surface area contributed by atoms with Crippen molar-refractivity contribution in [3.8, 4) is 0 Å². The van der Waals surface area contributed by atoms with Crippen molar-refractivity contribution in [2.45, 2.75) is 121 Å². The number of aliphatic hydroxyl groups excluding tert-OH is 2. The monoisotopic (exact) mass is 640 g/mol. The molecule has 0 aliphatic heterocycles. The molecule has 0 spiro atoms. The van der Waals surface area contributed by atoms with Gasteiger partial charge < -0.3 is 30.7 Å². The SMILES string of the molecule is C[C@]12C=CC(=O)C=C1CC[C@@H]1C2[C@@H](O)C[C@@]2(C)C1C[C@@H](O)[C@]2(OC1CCCCC1)C(=O)COC(=O)NC[C@H]1CC[C@H](C(N)=O)CC1. The van der Waals surface area contributed by atoms with E-state index in [1.807, 2.05) is 13.0 Å². The first kappa shape index (κ1) is 33.3. The second kappa shape index (κ2) is 12.8. The summed E-state index contributed by atoms with van der Waals surface area (Å²) >= 11 is 0. The molecular formula is C36H52N2O8. The molecule has 2 unspecified atom stereocenters. The van der Waals surface area contributed by atoms with E-state index < -0.39 is 47.1 Å². The number of primary amides is 1. The van der Waals surface area contributed by atoms with E-state index in [0.29, 0.717) is 25.8 Å². The molecule has 5 saturated carbocycles. The average Bonchev–Trinajstić information content (AvgIpc) is 3.25. The molecule has 46 heavy (non-hydrogen) atoms. The zero-order chi connectivity index (χ0) is 32.9. The summed E-state index contributed by atoms with van der Waals surface area (Å²) in [5, 5.41) is 26.7. The van der Waals surface area contributed by atoms with Gasteiger partial charge >= 0.3 is 6.09 Å². The molecule has 254 valence electrons. The van der Waals surface area contributed by atoms with Gasteiger partial charge in [0.15, 0.2) is 18.0 Å². The van der Waals surface area contributed by atoms with Gasteiger partial charge in [-0.1, -0.05) is 44.8 Å². The molecule has 5 N–H and O–H groups in total. The number of ether oxygens (including phenoxy) is 2. The molecule has 2 amide bonds. The standard InChI is InChI=1S/C36H52N2O8/c1-34-15-14-24(39)16-23(34)12-13-26-27-17-29(41)36(46-25-6-4-3-5-7-25,35(27,2)18-28(40)31(26)34)30(42)20-45-33(44)38-19-21-8-10-22(11-9-21)32(37)43/h14-16,21-22,25-29,31,40-41H,3-13,17-20H2,1-2H3,(H2,37,43)(H,38,44)/t21-,22-,26-,27?,28-,29+,31?,34-,35-,36-/m0/s1. The molecule has 5 fully saturated rings. The highest BCUT2D eigenvalue weighted by Gasteiger charge is 2.73. The number of carbonyl (C=O) groups is 4. The van der Waals surface area contributed by atoms with Crippen LogP contribution in [0.15, 0.2) is 23.8 Å². The zero-order valence-electron chi connectivity index (χ0n) is 27.4. The Morgan fingerprint density at radius 3 is 2.43 bits per heavy atom. The first-order chi connectivity index (χ1) is 21.9. The predicted octanol–water partition coefficient (Wildman–Crippen LogP) is 3.91. The van der Waals surface area contributed by atoms with Crippen molar-refractivity contribution < 1.29 is 38.9 Å². The van der Waals surface area contributed by atoms with Gasteiger partial charge in [-0.3, -0.25) is 14.4 Å². The normalized spacial score (nSPS) is 42.3. The van der Waals surface area contributed by atoms with Crippen LogP contribution in [0.1, 0.15) is 97.3 Å². The van der Waals surface area contributed by atoms with Crippen LogP contribution in [0.2, 0.25) is 0 Å². The summed E-state index contributed by atoms with van der Waals surface area (Å²) in [6.45, 7) is 3.94. The van der Waals surface area contributed by atoms with Gasteiger partial charge in [0, 0.05) is 29.2 Å². The molecule has 8 atom stereocenters. The molecule has 0 bridgehead atoms. The first-order valence-corrected chi connectivity index (χ1v) is 17.6. The minimum Gasteiger partial charge on any atom is -0.441 e. The van der Waals surface area contributed by atoms with E-state index in [1.54, 1.807) is 12.2 Å². The number of hydrogen-bond acceptors (Lipinski definition) is 8. The molecule has 0 aromatic heterocycles. The summed E-state index contributed by atoms with van der Waals surface area (Å²) in [6.07, 6.45) is 12.2. The minimum atomic E-state index is -1.62. The maximum Gasteiger partial charge on any atom is 0.407 e. The summed E-state index contributed by atoms with van der Waals surface area (Å²) in [5.74, 6) is -0.900. The van der Waals surface area contributed by atoms with Crippen LogP contribution in [0.3, 0.4) is 0 Å². The lowest BCUT2D eigenvalue weighted by molar-refractivity contribution is -0.224. The van der Waals surface area contributed by atoms with E-state index >= 15 is 0 Å². The van der Waals surface area contributed by atoms with Crippen molar-refractivity contribution in [3.63, 3.8) is 0 Å². The molecule has 0 heterocycles. The van der Waals surface area contributed by atoms with Crippen LogP contribution in [0.5, 0.6) is 0 Å². The Bertz CT molecular complexity index is 1280. The van der Waals surface area contributed by atoms with Gasteiger partial charge in [0.1, 0.15) is 0 Å². The van der Waals surface area contributed by atoms with Crippen LogP contribution < -0.4 is 11.1 Å². The van der Waals surface area contributed by atoms with Crippen molar-refractivity contribution in [1.82, 2.24) is 5.32 Å². The van der Waals surface area contributed by atoms with Crippen LogP contribution in [-0.2, 0) is 23.9 Å². The quantitative estimate of drug-likeness (QED) is 0.310. The Morgan fingerprint density at radius 2 is 1.74 bits per heavy atom. The molecule has 10 nitrogen and oxygen atoms in total. The van der Waals surface area contributed by atoms with Crippen LogP contribution in [-0.4, -0.2) is 70.8 Å². The number of alkyl carbamates (subject to hydrolysis) is 1. The number of allylic oxidation sites excluding steroid dienone is 4. The van der Waals surface area contributed by atoms with E-state index in [1.165, 1.54) is 0 Å². The van der Waals surface area contributed by atoms with Crippen LogP contribution in [0.25, 0.3) is 0 Å². The Labute approximate surface area is 271 Å². The summed E-state index contributed by atoms with van der Waals surface area (Å²) in [7, 11) is 0. The summed E-state index contributed by atoms with van der Waals surface area (Å²) in [4.78, 5) is 51.0. The highest BCUT2D eigenvalue weighted by molar-refractivity contribution is 6.01. The van der Waals surface area contributed by atoms with Gasteiger partial charge in [-0.05, 0) is 94.1 Å². The van der Waals surface area contributed by atoms with E-state index in [2.05, 4.69) is 12.2 Å². The number of fused-ring (bicyclic) bond motifs is 5. The van der Waals surface area contributed by atoms with Gasteiger partial charge in [0.25, 0.3) is 0 Å². The van der Waals surface area contributed by atoms with Gasteiger partial charge in [0.2, 0.25) is 11.7 Å². The summed E-state index contributed by atoms with van der Waals surface area (Å²) in [5.41, 5.74) is 3.52. The van der Waals surface area contributed by atoms with Crippen molar-refractivity contribution in [2.75, 3.05) is 13.2 Å². The van der Waals surface area contributed by atoms with Crippen molar-refractivity contribution in [2.24, 2.45) is 46.2 Å². The maximum atomic E-state index is 14.4. The van der Waals surface area contributed by atoms with Crippen LogP contribution in [0, 0.1) is 40.4 Å². The lowest BCUT2D eigenvalue weighted by atomic mass is 9.46. The van der Waals surface area contributed by atoms with E-state index in [9.17, 15) is 29.4 Å². The Kier molecular flexibility index (Phi) is 9.28. The van der Waals surface area contributed by atoms with Crippen molar-refractivity contribution in [3.05, 3.63) is 23.8 Å². The molecule has 0 aromatic rings. The van der Waals surface area contributed by atoms with Gasteiger partial charge in [-0.15, -0.1) is 0 Å². The first-order valence-electron chi connectivity index (χ1n) is 17.6. The number of Topliss-reactive ketones (excluding diaryl/α,β-unsaturated/α-hetero) is 1. The van der Waals surface area contributed by atoms with Gasteiger partial charge in [0.05, 0.1) is 18.3 Å². The van der Waals surface area contributed by atoms with E-state index in [-0.39, 0.29) is 53.8 Å². The number of carbonyl (C=O) groups excluding carboxylic acids is 4. The number of ketones is 2. The number of nitrogens with two attached hydrogens (primary N) is 1. The molecule has 0 radical (unpaired) electrons. The highest BCUT2D eigenvalue weighted by Crippen LogP contribution is 2.68. The zero-order valence-corrected chi connectivity index (χ0v) is 27.4. The third-order valence-corrected chi connectivity index (χ3v) is 13.1. The molecule has 6 aliphatic rings. The second-order valence-electron chi connectivity index (χ2n) is 15.6. The summed E-state index contributed by atoms with van der Waals surface area (Å²) in [6, 6.07) is 0. The topological polar surface area (TPSA) is 165 Å². The maximum absolute atomic E-state index is 14.4. The Balaban J connectivity index is 1.20. The largest absolute Gasteiger partial charge is 0.441 e. The third kappa shape index (κ3) is 5.66. The Morgan fingerprint density at radius 1 is 1.02 bits per heavy atom. The highest BCUT2D eigenvalue weighted by atomic mass is 16.6. The van der Waals surface area contributed by atoms with Crippen molar-refractivity contribution >= 4 is 23.6 Å². The van der Waals surface area contributed by atoms with Gasteiger partial charge in [-0.2, -0.15) is 0 Å². The number of aliphatic hydroxyl groups is 2. The van der Waals surface area contributed by atoms with Crippen molar-refractivity contribution in [1.29, 1.82) is 0 Å². The Hall–Kier alpha value is -2.56. The molecule has 0 saturated heterocycles.